The maximum Gasteiger partial charge on any atom is 1.00 e. The van der Waals surface area contributed by atoms with Crippen LogP contribution in [-0.4, -0.2) is 297 Å². The molecule has 0 saturated carbocycles. The molecule has 0 rings (SSSR count). The third-order valence-corrected chi connectivity index (χ3v) is 10.0. The number of carbonyl (C=O) groups is 24. The molecule has 15 unspecified atom stereocenters. The van der Waals surface area contributed by atoms with E-state index in [0.717, 1.165) is 41.5 Å². The number of aliphatic hydroxyl groups excluding tert-OH is 3. The Morgan fingerprint density at radius 2 is 0.352 bits per heavy atom. The van der Waals surface area contributed by atoms with E-state index in [1.165, 1.54) is 125 Å². The van der Waals surface area contributed by atoms with E-state index in [2.05, 4.69) is 66.3 Å². The smallest absolute Gasteiger partial charge is 0.479 e. The molecule has 0 radical (unpaired) electrons. The Bertz CT molecular complexity index is 3200. The van der Waals surface area contributed by atoms with Crippen molar-refractivity contribution in [1.29, 1.82) is 0 Å². The highest BCUT2D eigenvalue weighted by Gasteiger charge is 2.31. The van der Waals surface area contributed by atoms with E-state index >= 15 is 0 Å². The van der Waals surface area contributed by atoms with Crippen molar-refractivity contribution in [2.75, 3.05) is 0 Å². The van der Waals surface area contributed by atoms with Crippen LogP contribution in [0.3, 0.4) is 0 Å². The fourth-order valence-electron chi connectivity index (χ4n) is 4.76. The number of aliphatic hydroxyl groups is 4. The molecular weight excluding hydrogens is 1700 g/mol. The van der Waals surface area contributed by atoms with Gasteiger partial charge >= 0.3 is 145 Å². The molecule has 0 amide bonds. The monoisotopic (exact) mass is 1830 g/mol. The Labute approximate surface area is 725 Å². The topological polar surface area (TPSA) is 771 Å². The number of esters is 19. The number of ether oxygens (including phenoxy) is 16. The van der Waals surface area contributed by atoms with Gasteiger partial charge in [0.05, 0.1) is 5.60 Å². The molecule has 50 heteroatoms. The molecule has 11 N–H and O–H groups in total. The summed E-state index contributed by atoms with van der Waals surface area (Å²) in [4.78, 5) is 254. The first-order valence-electron chi connectivity index (χ1n) is 34.4. The van der Waals surface area contributed by atoms with Gasteiger partial charge in [-0.25, -0.2) is 71.9 Å². The third kappa shape index (κ3) is 106. The number of rotatable bonds is 27. The van der Waals surface area contributed by atoms with Crippen molar-refractivity contribution in [3.63, 3.8) is 0 Å². The van der Waals surface area contributed by atoms with Crippen molar-refractivity contribution >= 4 is 143 Å². The SMILES string of the molecule is C.C.C.C.CC(=O)OC(=O)C(C)OC(=O)C(C)OC(C)=O.CC(=O)OC(=O)C(C)OC(=O)C(C)OC(C)=O.CC(=O)OC(C)=O.CC(=O)OC(C)C(=O)OC(C)C(=O)O.CC(=O)OC(C)C(=O)OC(C)C(=O)O.CC(=O)OC(C)C(=O)OC(C)C(=O)OC(C)(C)C.CC(C)(C)O.CC(O)C(=O)O.CC(O)C(=O)OC(C)C(=O)O.CC(O)C(=O)OC(C)C(=O)O.O.[H+]. The molecule has 0 heterocycles. The van der Waals surface area contributed by atoms with E-state index in [0.29, 0.717) is 0 Å². The summed E-state index contributed by atoms with van der Waals surface area (Å²) in [6.45, 7) is 39.5. The Hall–Kier alpha value is -12.3. The molecule has 732 valence electrons. The van der Waals surface area contributed by atoms with Gasteiger partial charge in [0.2, 0.25) is 0 Å². The van der Waals surface area contributed by atoms with Crippen LogP contribution in [0.25, 0.3) is 0 Å². The first-order chi connectivity index (χ1) is 53.8. The second kappa shape index (κ2) is 77.7. The maximum atomic E-state index is 11.5. The second-order valence-corrected chi connectivity index (χ2v) is 25.1. The highest BCUT2D eigenvalue weighted by molar-refractivity contribution is 5.90. The van der Waals surface area contributed by atoms with E-state index in [9.17, 15) is 115 Å². The molecule has 0 aliphatic heterocycles. The Balaban J connectivity index is -0.0000000772. The molecule has 125 heavy (non-hydrogen) atoms. The standard InChI is InChI=1S/C12H20O6.2C10H14O7.2C8H12O6.2C6H10O5.C4H6O3.C4H10O.C3H6O3.4CH4.H2O/c1-7(16-9(3)13)10(14)17-8(2)11(15)18-12(4,5)6;2*1-5(15-7(3)11)9(13)16-6(2)10(14)17-8(4)12;2*1-4(7(10)11)14-8(12)5(2)13-6(3)9;2*1-3(7)6(10)11-4(2)5(8)9;1-3(5)7-4(2)6;1-4(2,3)5;1-2(4)3(5)6;;;;;/h7-8H,1-6H3;2*5-6H,1-4H3;2*4-5H,1-3H3,(H,10,11);2*3-4,7H,1-2H3,(H,8,9);1-2H3;5H,1-3H3;2,4H,1H3,(H,5,6);4*1H4;1H2/p+1. The molecule has 0 bridgehead atoms. The highest BCUT2D eigenvalue weighted by atomic mass is 16.7. The summed E-state index contributed by atoms with van der Waals surface area (Å²) in [7, 11) is 0. The van der Waals surface area contributed by atoms with Crippen molar-refractivity contribution in [1.82, 2.24) is 0 Å². The minimum absolute atomic E-state index is 0. The van der Waals surface area contributed by atoms with Crippen LogP contribution in [0.1, 0.15) is 239 Å². The van der Waals surface area contributed by atoms with Crippen molar-refractivity contribution in [3.05, 3.63) is 0 Å². The number of carboxylic acids is 5. The number of hydrogen-bond acceptors (Lipinski definition) is 44. The number of carbonyl (C=O) groups excluding carboxylic acids is 19. The summed E-state index contributed by atoms with van der Waals surface area (Å²) in [5, 5.41) is 74.8. The third-order valence-electron chi connectivity index (χ3n) is 10.0. The van der Waals surface area contributed by atoms with Gasteiger partial charge in [-0.05, 0) is 145 Å². The van der Waals surface area contributed by atoms with Crippen LogP contribution in [-0.2, 0) is 191 Å². The van der Waals surface area contributed by atoms with E-state index in [-0.39, 0.29) is 36.6 Å². The first kappa shape index (κ1) is 147. The fourth-order valence-corrected chi connectivity index (χ4v) is 4.76. The first-order valence-corrected chi connectivity index (χ1v) is 34.4. The molecule has 50 nitrogen and oxygen atoms in total. The van der Waals surface area contributed by atoms with Crippen LogP contribution in [0.4, 0.5) is 0 Å². The lowest BCUT2D eigenvalue weighted by Gasteiger charge is -2.22. The maximum absolute atomic E-state index is 11.5. The predicted octanol–water partition coefficient (Wildman–Crippen LogP) is 1.96. The van der Waals surface area contributed by atoms with E-state index < -0.39 is 246 Å². The molecule has 0 spiro atoms. The quantitative estimate of drug-likeness (QED) is 0.0322. The van der Waals surface area contributed by atoms with E-state index in [4.69, 9.17) is 55.4 Å². The second-order valence-electron chi connectivity index (χ2n) is 25.1. The van der Waals surface area contributed by atoms with Gasteiger partial charge in [-0.1, -0.05) is 29.7 Å². The van der Waals surface area contributed by atoms with Gasteiger partial charge in [0.25, 0.3) is 0 Å². The molecule has 15 atom stereocenters. The highest BCUT2D eigenvalue weighted by Crippen LogP contribution is 2.12. The molecule has 0 saturated heterocycles. The largest absolute Gasteiger partial charge is 1.00 e. The Morgan fingerprint density at radius 1 is 0.216 bits per heavy atom. The van der Waals surface area contributed by atoms with E-state index in [1.54, 1.807) is 41.5 Å². The van der Waals surface area contributed by atoms with Crippen molar-refractivity contribution in [2.45, 2.75) is 340 Å². The van der Waals surface area contributed by atoms with Gasteiger partial charge < -0.3 is 127 Å². The van der Waals surface area contributed by atoms with Crippen molar-refractivity contribution in [2.24, 2.45) is 0 Å². The Kier molecular flexibility index (Phi) is 91.6. The van der Waals surface area contributed by atoms with Crippen molar-refractivity contribution in [3.8, 4) is 0 Å². The minimum atomic E-state index is -1.28. The lowest BCUT2D eigenvalue weighted by molar-refractivity contribution is -0.181. The molecule has 0 aromatic heterocycles. The summed E-state index contributed by atoms with van der Waals surface area (Å²) < 4.78 is 71.7. The molecule has 0 aromatic carbocycles. The molecule has 0 aromatic rings. The lowest BCUT2D eigenvalue weighted by Crippen LogP contribution is -2.36. The van der Waals surface area contributed by atoms with Crippen LogP contribution in [0.5, 0.6) is 0 Å². The summed E-state index contributed by atoms with van der Waals surface area (Å²) in [5.74, 6) is -20.9. The minimum Gasteiger partial charge on any atom is -0.479 e. The summed E-state index contributed by atoms with van der Waals surface area (Å²) in [6.07, 6.45) is -17.7. The van der Waals surface area contributed by atoms with Crippen molar-refractivity contribution < 1.29 is 244 Å². The number of carboxylic acid groups (broad SMARTS) is 5. The van der Waals surface area contributed by atoms with Gasteiger partial charge in [-0.15, -0.1) is 0 Å². The van der Waals surface area contributed by atoms with Gasteiger partial charge in [-0.2, -0.15) is 0 Å². The zero-order valence-corrected chi connectivity index (χ0v) is 72.5. The van der Waals surface area contributed by atoms with Gasteiger partial charge in [0.1, 0.15) is 23.9 Å². The Morgan fingerprint density at radius 3 is 0.464 bits per heavy atom. The van der Waals surface area contributed by atoms with Crippen LogP contribution >= 0.6 is 0 Å². The van der Waals surface area contributed by atoms with Gasteiger partial charge in [-0.3, -0.25) is 43.2 Å². The molecule has 0 aliphatic rings. The average molecular weight is 1830 g/mol. The molecule has 0 fully saturated rings. The van der Waals surface area contributed by atoms with Gasteiger partial charge in [0, 0.05) is 62.3 Å². The average Bonchev–Trinajstić information content (AvgIpc) is 0.854. The normalized spacial score (nSPS) is 13.0. The van der Waals surface area contributed by atoms with Crippen LogP contribution < -0.4 is 0 Å². The number of hydrogen-bond donors (Lipinski definition) is 9. The summed E-state index contributed by atoms with van der Waals surface area (Å²) in [5.41, 5.74) is -1.15. The van der Waals surface area contributed by atoms with Crippen LogP contribution in [0.15, 0.2) is 0 Å². The van der Waals surface area contributed by atoms with Crippen LogP contribution in [0, 0.1) is 0 Å². The summed E-state index contributed by atoms with van der Waals surface area (Å²) >= 11 is 0. The number of aliphatic carboxylic acids is 5. The van der Waals surface area contributed by atoms with E-state index in [1.807, 2.05) is 0 Å². The van der Waals surface area contributed by atoms with Crippen LogP contribution in [0.2, 0.25) is 0 Å². The molecule has 0 aliphatic carbocycles. The zero-order chi connectivity index (χ0) is 97.8. The fraction of sp³-hybridized carbons (Fsp3) is 0.680. The lowest BCUT2D eigenvalue weighted by atomic mass is 10.2. The molecular formula is C75H133O50+. The predicted molar refractivity (Wildman–Crippen MR) is 424 cm³/mol. The van der Waals surface area contributed by atoms with Gasteiger partial charge in [0.15, 0.2) is 73.2 Å². The summed E-state index contributed by atoms with van der Waals surface area (Å²) in [6, 6.07) is 0. The zero-order valence-electron chi connectivity index (χ0n) is 73.5.